The van der Waals surface area contributed by atoms with Crippen LogP contribution < -0.4 is 5.32 Å². The van der Waals surface area contributed by atoms with Gasteiger partial charge in [0.1, 0.15) is 0 Å². The predicted octanol–water partition coefficient (Wildman–Crippen LogP) is 1.38. The molecular weight excluding hydrogens is 168 g/mol. The number of nitrogens with one attached hydrogen (secondary N) is 1. The molecule has 72 valence electrons. The Morgan fingerprint density at radius 1 is 1.58 bits per heavy atom. The Morgan fingerprint density at radius 2 is 2.33 bits per heavy atom. The Balaban J connectivity index is 2.26. The van der Waals surface area contributed by atoms with Crippen LogP contribution in [0.25, 0.3) is 0 Å². The van der Waals surface area contributed by atoms with Crippen molar-refractivity contribution in [3.63, 3.8) is 0 Å². The molecule has 1 unspecified atom stereocenters. The maximum atomic E-state index is 3.50. The molecule has 1 aliphatic rings. The van der Waals surface area contributed by atoms with Gasteiger partial charge < -0.3 is 5.32 Å². The molecule has 0 saturated carbocycles. The molecule has 2 nitrogen and oxygen atoms in total. The summed E-state index contributed by atoms with van der Waals surface area (Å²) in [6, 6.07) is 1.40. The highest BCUT2D eigenvalue weighted by molar-refractivity contribution is 7.99. The van der Waals surface area contributed by atoms with Crippen LogP contribution in [-0.4, -0.2) is 41.7 Å². The Morgan fingerprint density at radius 3 is 2.75 bits per heavy atom. The predicted molar refractivity (Wildman–Crippen MR) is 56.6 cm³/mol. The summed E-state index contributed by atoms with van der Waals surface area (Å²) < 4.78 is 0. The third-order valence-electron chi connectivity index (χ3n) is 2.38. The molecular formula is C9H20N2S. The molecule has 12 heavy (non-hydrogen) atoms. The molecule has 1 aliphatic heterocycles. The highest BCUT2D eigenvalue weighted by Gasteiger charge is 2.18. The number of hydrogen-bond donors (Lipinski definition) is 1. The van der Waals surface area contributed by atoms with E-state index in [2.05, 4.69) is 31.0 Å². The fourth-order valence-electron chi connectivity index (χ4n) is 1.54. The number of nitrogens with zero attached hydrogens (tertiary/aromatic N) is 1. The summed E-state index contributed by atoms with van der Waals surface area (Å²) >= 11 is 2.01. The lowest BCUT2D eigenvalue weighted by Crippen LogP contribution is -2.42. The molecule has 1 heterocycles. The van der Waals surface area contributed by atoms with E-state index in [1.807, 2.05) is 11.8 Å². The van der Waals surface area contributed by atoms with Gasteiger partial charge in [-0.3, -0.25) is 4.90 Å². The highest BCUT2D eigenvalue weighted by atomic mass is 32.2. The van der Waals surface area contributed by atoms with E-state index in [1.165, 1.54) is 18.8 Å². The molecule has 1 N–H and O–H groups in total. The van der Waals surface area contributed by atoms with Crippen molar-refractivity contribution in [3.8, 4) is 0 Å². The molecule has 1 rings (SSSR count). The lowest BCUT2D eigenvalue weighted by Gasteiger charge is -2.27. The Kier molecular flexibility index (Phi) is 4.40. The first kappa shape index (κ1) is 10.4. The van der Waals surface area contributed by atoms with E-state index < -0.39 is 0 Å². The average Bonchev–Trinajstić information content (AvgIpc) is 2.51. The summed E-state index contributed by atoms with van der Waals surface area (Å²) in [6.45, 7) is 9.15. The lowest BCUT2D eigenvalue weighted by atomic mass is 10.2. The van der Waals surface area contributed by atoms with Gasteiger partial charge in [0.2, 0.25) is 0 Å². The van der Waals surface area contributed by atoms with Crippen molar-refractivity contribution in [1.29, 1.82) is 0 Å². The molecule has 0 radical (unpaired) electrons. The first-order valence-corrected chi connectivity index (χ1v) is 5.94. The van der Waals surface area contributed by atoms with Crippen LogP contribution in [0.3, 0.4) is 0 Å². The van der Waals surface area contributed by atoms with E-state index in [9.17, 15) is 0 Å². The first-order valence-electron chi connectivity index (χ1n) is 4.79. The van der Waals surface area contributed by atoms with E-state index >= 15 is 0 Å². The molecule has 0 aromatic carbocycles. The van der Waals surface area contributed by atoms with Crippen molar-refractivity contribution in [1.82, 2.24) is 10.2 Å². The van der Waals surface area contributed by atoms with Crippen LogP contribution in [0.5, 0.6) is 0 Å². The Hall–Kier alpha value is 0.270. The molecule has 0 aromatic heterocycles. The minimum absolute atomic E-state index is 0.683. The fourth-order valence-corrected chi connectivity index (χ4v) is 2.52. The molecule has 0 amide bonds. The van der Waals surface area contributed by atoms with Crippen LogP contribution in [0.4, 0.5) is 0 Å². The summed E-state index contributed by atoms with van der Waals surface area (Å²) in [5.41, 5.74) is 0. The maximum Gasteiger partial charge on any atom is 0.0421 e. The molecule has 1 saturated heterocycles. The van der Waals surface area contributed by atoms with Crippen molar-refractivity contribution in [2.45, 2.75) is 32.9 Å². The van der Waals surface area contributed by atoms with Crippen molar-refractivity contribution in [2.24, 2.45) is 0 Å². The Bertz CT molecular complexity index is 122. The van der Waals surface area contributed by atoms with Gasteiger partial charge in [0.25, 0.3) is 0 Å². The van der Waals surface area contributed by atoms with Gasteiger partial charge in [-0.1, -0.05) is 6.92 Å². The van der Waals surface area contributed by atoms with Crippen LogP contribution in [0, 0.1) is 0 Å². The topological polar surface area (TPSA) is 15.3 Å². The van der Waals surface area contributed by atoms with Gasteiger partial charge in [-0.2, -0.15) is 0 Å². The minimum Gasteiger partial charge on any atom is -0.303 e. The van der Waals surface area contributed by atoms with Crippen molar-refractivity contribution >= 4 is 11.8 Å². The summed E-state index contributed by atoms with van der Waals surface area (Å²) in [6.07, 6.45) is 0. The molecule has 0 spiro atoms. The smallest absolute Gasteiger partial charge is 0.0421 e. The molecule has 1 atom stereocenters. The quantitative estimate of drug-likeness (QED) is 0.717. The second-order valence-corrected chi connectivity index (χ2v) is 4.63. The monoisotopic (exact) mass is 188 g/mol. The summed E-state index contributed by atoms with van der Waals surface area (Å²) in [5.74, 6) is 2.42. The summed E-state index contributed by atoms with van der Waals surface area (Å²) in [4.78, 5) is 2.52. The molecule has 0 aliphatic carbocycles. The van der Waals surface area contributed by atoms with Gasteiger partial charge in [-0.15, -0.1) is 11.8 Å². The molecule has 3 heteroatoms. The van der Waals surface area contributed by atoms with E-state index in [-0.39, 0.29) is 0 Å². The van der Waals surface area contributed by atoms with Gasteiger partial charge in [0.05, 0.1) is 0 Å². The lowest BCUT2D eigenvalue weighted by molar-refractivity contribution is 0.217. The Labute approximate surface area is 80.1 Å². The third-order valence-corrected chi connectivity index (χ3v) is 3.39. The molecule has 0 bridgehead atoms. The normalized spacial score (nSPS) is 24.2. The van der Waals surface area contributed by atoms with Crippen molar-refractivity contribution in [2.75, 3.05) is 24.7 Å². The number of hydrogen-bond acceptors (Lipinski definition) is 3. The highest BCUT2D eigenvalue weighted by Crippen LogP contribution is 2.11. The van der Waals surface area contributed by atoms with Gasteiger partial charge in [-0.05, 0) is 20.4 Å². The van der Waals surface area contributed by atoms with Gasteiger partial charge in [0.15, 0.2) is 0 Å². The van der Waals surface area contributed by atoms with E-state index in [1.54, 1.807) is 0 Å². The standard InChI is InChI=1S/C9H20N2S/c1-4-11(8(2)3)5-9-6-12-7-10-9/h8-10H,4-7H2,1-3H3. The van der Waals surface area contributed by atoms with Crippen molar-refractivity contribution in [3.05, 3.63) is 0 Å². The zero-order valence-corrected chi connectivity index (χ0v) is 9.16. The molecule has 0 aromatic rings. The largest absolute Gasteiger partial charge is 0.303 e. The second-order valence-electron chi connectivity index (χ2n) is 3.60. The maximum absolute atomic E-state index is 3.50. The number of likely N-dealkylation sites (N-methyl/N-ethyl adjacent to an activating group) is 1. The summed E-state index contributed by atoms with van der Waals surface area (Å²) in [7, 11) is 0. The zero-order chi connectivity index (χ0) is 8.97. The van der Waals surface area contributed by atoms with Crippen LogP contribution in [-0.2, 0) is 0 Å². The van der Waals surface area contributed by atoms with E-state index in [0.717, 1.165) is 11.9 Å². The van der Waals surface area contributed by atoms with Crippen LogP contribution in [0.15, 0.2) is 0 Å². The summed E-state index contributed by atoms with van der Waals surface area (Å²) in [5, 5.41) is 3.50. The SMILES string of the molecule is CCN(CC1CSCN1)C(C)C. The first-order chi connectivity index (χ1) is 5.74. The molecule has 1 fully saturated rings. The zero-order valence-electron chi connectivity index (χ0n) is 8.34. The van der Waals surface area contributed by atoms with Crippen LogP contribution >= 0.6 is 11.8 Å². The minimum atomic E-state index is 0.683. The van der Waals surface area contributed by atoms with E-state index in [4.69, 9.17) is 0 Å². The van der Waals surface area contributed by atoms with Crippen molar-refractivity contribution < 1.29 is 0 Å². The number of rotatable bonds is 4. The second kappa shape index (κ2) is 5.10. The fraction of sp³-hybridized carbons (Fsp3) is 1.00. The van der Waals surface area contributed by atoms with Gasteiger partial charge >= 0.3 is 0 Å². The van der Waals surface area contributed by atoms with Gasteiger partial charge in [0, 0.05) is 30.3 Å². The average molecular weight is 188 g/mol. The van der Waals surface area contributed by atoms with E-state index in [0.29, 0.717) is 6.04 Å². The van der Waals surface area contributed by atoms with Crippen LogP contribution in [0.1, 0.15) is 20.8 Å². The number of thioether (sulfide) groups is 1. The van der Waals surface area contributed by atoms with Crippen LogP contribution in [0.2, 0.25) is 0 Å². The van der Waals surface area contributed by atoms with Gasteiger partial charge in [-0.25, -0.2) is 0 Å². The third kappa shape index (κ3) is 2.96.